The summed E-state index contributed by atoms with van der Waals surface area (Å²) in [6.45, 7) is 0.353. The van der Waals surface area contributed by atoms with Crippen LogP contribution in [0.4, 0.5) is 0 Å². The van der Waals surface area contributed by atoms with Gasteiger partial charge in [0.1, 0.15) is 0 Å². The molecule has 1 fully saturated rings. The molecule has 7 nitrogen and oxygen atoms in total. The summed E-state index contributed by atoms with van der Waals surface area (Å²) in [6, 6.07) is 13.4. The van der Waals surface area contributed by atoms with Crippen LogP contribution in [0.1, 0.15) is 35.9 Å². The van der Waals surface area contributed by atoms with Gasteiger partial charge in [-0.1, -0.05) is 30.3 Å². The molecule has 3 atom stereocenters. The van der Waals surface area contributed by atoms with E-state index in [4.69, 9.17) is 20.6 Å². The van der Waals surface area contributed by atoms with Crippen molar-refractivity contribution < 1.29 is 14.6 Å². The highest BCUT2D eigenvalue weighted by atomic mass is 16.6. The third kappa shape index (κ3) is 4.78. The molecule has 5 N–H and O–H groups in total. The maximum atomic E-state index is 10.0. The second kappa shape index (κ2) is 8.75. The summed E-state index contributed by atoms with van der Waals surface area (Å²) in [5.41, 5.74) is 7.76. The van der Waals surface area contributed by atoms with Gasteiger partial charge in [-0.15, -0.1) is 0 Å². The summed E-state index contributed by atoms with van der Waals surface area (Å²) >= 11 is 0. The Kier molecular flexibility index (Phi) is 6.17. The minimum Gasteiger partial charge on any atom is -0.390 e. The molecule has 1 saturated heterocycles. The summed E-state index contributed by atoms with van der Waals surface area (Å²) in [5.74, 6) is 0.0839. The SMILES string of the molecule is N=C(N=CN)c1ccc(C2CC[C@@H](COC(O)Cc3ccccc3)O2)[nH]1. The Hall–Kier alpha value is -2.48. The van der Waals surface area contributed by atoms with Crippen LogP contribution >= 0.6 is 0 Å². The lowest BCUT2D eigenvalue weighted by molar-refractivity contribution is -0.128. The van der Waals surface area contributed by atoms with Crippen LogP contribution in [-0.2, 0) is 15.9 Å². The maximum Gasteiger partial charge on any atom is 0.169 e. The van der Waals surface area contributed by atoms with Gasteiger partial charge in [0.15, 0.2) is 12.1 Å². The number of benzene rings is 1. The van der Waals surface area contributed by atoms with E-state index < -0.39 is 6.29 Å². The van der Waals surface area contributed by atoms with Crippen molar-refractivity contribution in [3.05, 3.63) is 59.4 Å². The Morgan fingerprint density at radius 2 is 2.15 bits per heavy atom. The summed E-state index contributed by atoms with van der Waals surface area (Å²) in [6.07, 6.45) is 2.30. The molecule has 0 amide bonds. The minimum atomic E-state index is -0.841. The molecule has 1 aliphatic rings. The largest absolute Gasteiger partial charge is 0.390 e. The van der Waals surface area contributed by atoms with Crippen LogP contribution in [0.5, 0.6) is 0 Å². The van der Waals surface area contributed by atoms with Crippen molar-refractivity contribution in [3.63, 3.8) is 0 Å². The number of nitrogens with one attached hydrogen (secondary N) is 2. The van der Waals surface area contributed by atoms with E-state index in [1.807, 2.05) is 36.4 Å². The summed E-state index contributed by atoms with van der Waals surface area (Å²) in [4.78, 5) is 6.90. The second-order valence-electron chi connectivity index (χ2n) is 6.26. The molecular weight excluding hydrogens is 332 g/mol. The van der Waals surface area contributed by atoms with Crippen molar-refractivity contribution in [2.75, 3.05) is 6.61 Å². The lowest BCUT2D eigenvalue weighted by Gasteiger charge is -2.16. The van der Waals surface area contributed by atoms with E-state index in [0.29, 0.717) is 18.7 Å². The molecule has 7 heteroatoms. The van der Waals surface area contributed by atoms with Crippen molar-refractivity contribution in [3.8, 4) is 0 Å². The number of rotatable bonds is 7. The van der Waals surface area contributed by atoms with Gasteiger partial charge >= 0.3 is 0 Å². The number of H-pyrrole nitrogens is 1. The Morgan fingerprint density at radius 3 is 2.92 bits per heavy atom. The van der Waals surface area contributed by atoms with Crippen molar-refractivity contribution in [1.82, 2.24) is 4.98 Å². The van der Waals surface area contributed by atoms with Gasteiger partial charge in [-0.2, -0.15) is 0 Å². The molecule has 0 spiro atoms. The average molecular weight is 356 g/mol. The average Bonchev–Trinajstić information content (AvgIpc) is 3.30. The van der Waals surface area contributed by atoms with Crippen molar-refractivity contribution in [2.24, 2.45) is 10.7 Å². The molecule has 2 unspecified atom stereocenters. The molecule has 26 heavy (non-hydrogen) atoms. The molecule has 2 aromatic rings. The first-order chi connectivity index (χ1) is 12.7. The van der Waals surface area contributed by atoms with Crippen LogP contribution in [0.15, 0.2) is 47.5 Å². The number of aliphatic imine (C=N–C) groups is 1. The van der Waals surface area contributed by atoms with Crippen LogP contribution in [0, 0.1) is 5.41 Å². The number of ether oxygens (including phenoxy) is 2. The Balaban J connectivity index is 1.46. The molecule has 3 rings (SSSR count). The smallest absolute Gasteiger partial charge is 0.169 e. The zero-order valence-corrected chi connectivity index (χ0v) is 14.5. The third-order valence-electron chi connectivity index (χ3n) is 4.35. The molecular formula is C19H24N4O3. The normalized spacial score (nSPS) is 21.3. The van der Waals surface area contributed by atoms with Gasteiger partial charge in [0, 0.05) is 12.1 Å². The monoisotopic (exact) mass is 356 g/mol. The fraction of sp³-hybridized carbons (Fsp3) is 0.368. The predicted molar refractivity (Wildman–Crippen MR) is 99.3 cm³/mol. The zero-order valence-electron chi connectivity index (χ0n) is 14.5. The molecule has 1 aliphatic heterocycles. The molecule has 0 radical (unpaired) electrons. The highest BCUT2D eigenvalue weighted by Crippen LogP contribution is 2.32. The Bertz CT molecular complexity index is 744. The van der Waals surface area contributed by atoms with Crippen molar-refractivity contribution >= 4 is 12.2 Å². The first-order valence-corrected chi connectivity index (χ1v) is 8.67. The Morgan fingerprint density at radius 1 is 1.35 bits per heavy atom. The molecule has 1 aromatic carbocycles. The number of aliphatic hydroxyl groups is 1. The fourth-order valence-corrected chi connectivity index (χ4v) is 3.03. The van der Waals surface area contributed by atoms with Crippen LogP contribution in [0.25, 0.3) is 0 Å². The van der Waals surface area contributed by atoms with Crippen molar-refractivity contribution in [1.29, 1.82) is 5.41 Å². The van der Waals surface area contributed by atoms with Gasteiger partial charge in [-0.05, 0) is 30.5 Å². The third-order valence-corrected chi connectivity index (χ3v) is 4.35. The van der Waals surface area contributed by atoms with Gasteiger partial charge in [-0.3, -0.25) is 5.41 Å². The van der Waals surface area contributed by atoms with Crippen LogP contribution < -0.4 is 5.73 Å². The topological polar surface area (TPSA) is 117 Å². The van der Waals surface area contributed by atoms with Crippen LogP contribution in [0.2, 0.25) is 0 Å². The number of amidine groups is 1. The lowest BCUT2D eigenvalue weighted by atomic mass is 10.1. The number of hydrogen-bond donors (Lipinski definition) is 4. The highest BCUT2D eigenvalue weighted by molar-refractivity contribution is 5.99. The minimum absolute atomic E-state index is 0.0568. The number of nitrogens with two attached hydrogens (primary N) is 1. The zero-order chi connectivity index (χ0) is 18.4. The van der Waals surface area contributed by atoms with Crippen LogP contribution in [-0.4, -0.2) is 41.3 Å². The van der Waals surface area contributed by atoms with Crippen molar-refractivity contribution in [2.45, 2.75) is 37.8 Å². The van der Waals surface area contributed by atoms with E-state index in [0.717, 1.165) is 30.4 Å². The van der Waals surface area contributed by atoms with E-state index in [2.05, 4.69) is 9.98 Å². The molecule has 1 aromatic heterocycles. The van der Waals surface area contributed by atoms with Crippen LogP contribution in [0.3, 0.4) is 0 Å². The standard InChI is InChI=1S/C19H24N4O3/c20-12-22-19(21)16-8-7-15(23-16)17-9-6-14(26-17)11-25-18(24)10-13-4-2-1-3-5-13/h1-5,7-8,12,14,17-18,23-24H,6,9-11H2,(H3,20,21,22)/t14-,17?,18?/m0/s1. The maximum absolute atomic E-state index is 10.0. The number of aromatic amines is 1. The lowest BCUT2D eigenvalue weighted by Crippen LogP contribution is -2.23. The molecule has 2 heterocycles. The molecule has 138 valence electrons. The summed E-state index contributed by atoms with van der Waals surface area (Å²) in [5, 5.41) is 17.8. The molecule has 0 bridgehead atoms. The number of hydrogen-bond acceptors (Lipinski definition) is 4. The first kappa shape index (κ1) is 18.3. The predicted octanol–water partition coefficient (Wildman–Crippen LogP) is 2.12. The van der Waals surface area contributed by atoms with Gasteiger partial charge in [0.25, 0.3) is 0 Å². The van der Waals surface area contributed by atoms with Gasteiger partial charge in [0.05, 0.1) is 30.8 Å². The Labute approximate surface area is 152 Å². The van der Waals surface area contributed by atoms with E-state index in [1.54, 1.807) is 6.07 Å². The summed E-state index contributed by atoms with van der Waals surface area (Å²) in [7, 11) is 0. The van der Waals surface area contributed by atoms with E-state index in [1.165, 1.54) is 0 Å². The van der Waals surface area contributed by atoms with Gasteiger partial charge in [-0.25, -0.2) is 4.99 Å². The number of nitrogens with zero attached hydrogens (tertiary/aromatic N) is 1. The van der Waals surface area contributed by atoms with Gasteiger partial charge in [0.2, 0.25) is 0 Å². The quantitative estimate of drug-likeness (QED) is 0.345. The fourth-order valence-electron chi connectivity index (χ4n) is 3.03. The number of aromatic nitrogens is 1. The number of aliphatic hydroxyl groups excluding tert-OH is 1. The van der Waals surface area contributed by atoms with E-state index in [9.17, 15) is 5.11 Å². The molecule has 0 aliphatic carbocycles. The highest BCUT2D eigenvalue weighted by Gasteiger charge is 2.28. The first-order valence-electron chi connectivity index (χ1n) is 8.67. The van der Waals surface area contributed by atoms with Gasteiger partial charge < -0.3 is 25.3 Å². The second-order valence-corrected chi connectivity index (χ2v) is 6.26. The summed E-state index contributed by atoms with van der Waals surface area (Å²) < 4.78 is 11.5. The van der Waals surface area contributed by atoms with E-state index >= 15 is 0 Å². The molecule has 0 saturated carbocycles. The van der Waals surface area contributed by atoms with E-state index in [-0.39, 0.29) is 18.0 Å².